The van der Waals surface area contributed by atoms with Gasteiger partial charge in [-0.1, -0.05) is 65.0 Å². The lowest BCUT2D eigenvalue weighted by atomic mass is 9.33. The summed E-state index contributed by atoms with van der Waals surface area (Å²) >= 11 is 0. The van der Waals surface area contributed by atoms with E-state index in [1.165, 1.54) is 68.1 Å². The number of nitrogens with one attached hydrogen (secondary N) is 1. The summed E-state index contributed by atoms with van der Waals surface area (Å²) in [5.74, 6) is 3.89. The van der Waals surface area contributed by atoms with Crippen LogP contribution in [0.4, 0.5) is 0 Å². The van der Waals surface area contributed by atoms with Gasteiger partial charge in [0.1, 0.15) is 17.8 Å². The lowest BCUT2D eigenvalue weighted by molar-refractivity contribution is -0.221. The number of methoxy groups -OCH3 is 1. The maximum absolute atomic E-state index is 13.1. The van der Waals surface area contributed by atoms with Gasteiger partial charge in [-0.25, -0.2) is 13.4 Å². The first kappa shape index (κ1) is 45.0. The minimum atomic E-state index is -2.88. The van der Waals surface area contributed by atoms with Gasteiger partial charge in [0.05, 0.1) is 18.6 Å². The fourth-order valence-electron chi connectivity index (χ4n) is 16.1. The Balaban J connectivity index is 0.927. The molecule has 4 saturated carbocycles. The number of benzene rings is 1. The Hall–Kier alpha value is -3.21. The number of carbonyl (C=O) groups is 1. The molecule has 1 aliphatic heterocycles. The Bertz CT molecular complexity index is 2310. The van der Waals surface area contributed by atoms with Crippen LogP contribution in [0.25, 0.3) is 10.8 Å². The standard InChI is InChI=1S/C53H75N3O6S/c1-35(2)39-15-23-53(55-27-28-56-29-31-63(59,60)32-30-56)25-24-50(6)42(45(39)53)11-12-44-49(5)19-16-41(48(3,4)43(49)17-20-51(44,50)7)37-13-21-52(22-14-37,47(57)58)34-62-46-40-33-38(61-8)10-9-36(40)18-26-54-46/h9-10,13,16,18,26,33,39,42-45,55H,1,11-12,14-15,17,19-25,27-32,34H2,2-8H3,(H,57,58)/t39-,42+,43-,44+,45+,49-,50+,51+,52?,53-/m0/s1. The van der Waals surface area contributed by atoms with E-state index in [1.54, 1.807) is 13.3 Å². The molecule has 1 aromatic carbocycles. The second-order valence-electron chi connectivity index (χ2n) is 22.8. The van der Waals surface area contributed by atoms with Crippen molar-refractivity contribution >= 4 is 26.6 Å². The van der Waals surface area contributed by atoms with E-state index in [2.05, 4.69) is 75.5 Å². The third-order valence-corrected chi connectivity index (χ3v) is 21.4. The molecule has 2 N–H and O–H groups in total. The van der Waals surface area contributed by atoms with E-state index < -0.39 is 21.2 Å². The molecule has 63 heavy (non-hydrogen) atoms. The van der Waals surface area contributed by atoms with Crippen molar-refractivity contribution in [1.29, 1.82) is 0 Å². The van der Waals surface area contributed by atoms with Crippen molar-refractivity contribution in [3.63, 3.8) is 0 Å². The van der Waals surface area contributed by atoms with Gasteiger partial charge in [-0.05, 0) is 170 Å². The van der Waals surface area contributed by atoms with Gasteiger partial charge in [0.15, 0.2) is 9.84 Å². The van der Waals surface area contributed by atoms with Crippen LogP contribution in [0.5, 0.6) is 11.6 Å². The number of hydrogen-bond acceptors (Lipinski definition) is 8. The molecule has 2 aromatic rings. The number of sulfone groups is 1. The van der Waals surface area contributed by atoms with E-state index in [-0.39, 0.29) is 45.3 Å². The molecule has 0 radical (unpaired) electrons. The van der Waals surface area contributed by atoms with E-state index in [4.69, 9.17) is 9.47 Å². The molecule has 5 fully saturated rings. The number of aromatic nitrogens is 1. The highest BCUT2D eigenvalue weighted by Crippen LogP contribution is 2.76. The summed E-state index contributed by atoms with van der Waals surface area (Å²) in [5.41, 5.74) is 3.91. The summed E-state index contributed by atoms with van der Waals surface area (Å²) in [4.78, 5) is 19.9. The Morgan fingerprint density at radius 2 is 1.71 bits per heavy atom. The molecular weight excluding hydrogens is 807 g/mol. The van der Waals surface area contributed by atoms with Crippen LogP contribution >= 0.6 is 0 Å². The van der Waals surface area contributed by atoms with Gasteiger partial charge < -0.3 is 24.8 Å². The van der Waals surface area contributed by atoms with E-state index >= 15 is 0 Å². The Kier molecular flexibility index (Phi) is 11.4. The predicted octanol–water partition coefficient (Wildman–Crippen LogP) is 10.1. The number of rotatable bonds is 11. The molecule has 9 nitrogen and oxygen atoms in total. The average molecular weight is 882 g/mol. The Labute approximate surface area is 377 Å². The molecular formula is C53H75N3O6S. The van der Waals surface area contributed by atoms with Gasteiger partial charge in [-0.15, -0.1) is 0 Å². The molecule has 7 aliphatic rings. The van der Waals surface area contributed by atoms with Gasteiger partial charge in [0, 0.05) is 43.3 Å². The van der Waals surface area contributed by atoms with Crippen LogP contribution in [0.2, 0.25) is 0 Å². The maximum atomic E-state index is 13.1. The van der Waals surface area contributed by atoms with Crippen LogP contribution < -0.4 is 14.8 Å². The topological polar surface area (TPSA) is 118 Å². The van der Waals surface area contributed by atoms with Crippen LogP contribution in [0.3, 0.4) is 0 Å². The minimum absolute atomic E-state index is 0.0236. The van der Waals surface area contributed by atoms with E-state index in [0.29, 0.717) is 67.2 Å². The molecule has 10 atom stereocenters. The normalized spacial score (nSPS) is 39.4. The van der Waals surface area contributed by atoms with Crippen LogP contribution in [-0.2, 0) is 14.6 Å². The number of ether oxygens (including phenoxy) is 2. The fourth-order valence-corrected chi connectivity index (χ4v) is 17.4. The largest absolute Gasteiger partial charge is 0.497 e. The molecule has 10 heteroatoms. The van der Waals surface area contributed by atoms with Gasteiger partial charge in [0.25, 0.3) is 0 Å². The van der Waals surface area contributed by atoms with Crippen molar-refractivity contribution in [3.05, 3.63) is 65.9 Å². The van der Waals surface area contributed by atoms with Crippen molar-refractivity contribution in [3.8, 4) is 11.6 Å². The lowest BCUT2D eigenvalue weighted by Gasteiger charge is -2.72. The average Bonchev–Trinajstić information content (AvgIpc) is 3.63. The zero-order valence-corrected chi connectivity index (χ0v) is 40.2. The summed E-state index contributed by atoms with van der Waals surface area (Å²) in [6.07, 6.45) is 19.3. The predicted molar refractivity (Wildman–Crippen MR) is 252 cm³/mol. The molecule has 1 saturated heterocycles. The molecule has 9 rings (SSSR count). The quantitative estimate of drug-likeness (QED) is 0.213. The molecule has 344 valence electrons. The monoisotopic (exact) mass is 882 g/mol. The second-order valence-corrected chi connectivity index (χ2v) is 25.1. The summed E-state index contributed by atoms with van der Waals surface area (Å²) in [7, 11) is -1.25. The zero-order chi connectivity index (χ0) is 44.8. The number of hydrogen-bond donors (Lipinski definition) is 2. The van der Waals surface area contributed by atoms with Gasteiger partial charge in [-0.2, -0.15) is 0 Å². The van der Waals surface area contributed by atoms with Crippen LogP contribution in [0, 0.1) is 56.7 Å². The first-order chi connectivity index (χ1) is 29.8. The number of carboxylic acid groups (broad SMARTS) is 1. The van der Waals surface area contributed by atoms with Crippen molar-refractivity contribution in [2.24, 2.45) is 56.7 Å². The number of allylic oxidation sites excluding steroid dienone is 5. The summed E-state index contributed by atoms with van der Waals surface area (Å²) in [6.45, 7) is 23.2. The lowest BCUT2D eigenvalue weighted by Crippen LogP contribution is -2.68. The number of fused-ring (bicyclic) bond motifs is 8. The first-order valence-electron chi connectivity index (χ1n) is 24.3. The van der Waals surface area contributed by atoms with Gasteiger partial charge in [-0.3, -0.25) is 4.79 Å². The van der Waals surface area contributed by atoms with Crippen LogP contribution in [-0.4, -0.2) is 86.3 Å². The maximum Gasteiger partial charge on any atom is 0.313 e. The molecule has 0 bridgehead atoms. The van der Waals surface area contributed by atoms with Crippen molar-refractivity contribution in [1.82, 2.24) is 15.2 Å². The van der Waals surface area contributed by atoms with Crippen LogP contribution in [0.15, 0.2) is 65.9 Å². The third kappa shape index (κ3) is 7.24. The summed E-state index contributed by atoms with van der Waals surface area (Å²) in [6, 6.07) is 7.71. The number of nitrogens with zero attached hydrogens (tertiary/aromatic N) is 2. The summed E-state index contributed by atoms with van der Waals surface area (Å²) in [5, 5.41) is 16.7. The van der Waals surface area contributed by atoms with E-state index in [0.717, 1.165) is 36.7 Å². The Morgan fingerprint density at radius 3 is 2.41 bits per heavy atom. The molecule has 2 heterocycles. The molecule has 1 aromatic heterocycles. The molecule has 0 spiro atoms. The summed E-state index contributed by atoms with van der Waals surface area (Å²) < 4.78 is 36.0. The van der Waals surface area contributed by atoms with Crippen molar-refractivity contribution in [2.45, 2.75) is 124 Å². The number of aliphatic carboxylic acids is 1. The first-order valence-corrected chi connectivity index (χ1v) is 26.2. The third-order valence-electron chi connectivity index (χ3n) is 19.8. The second kappa shape index (κ2) is 16.0. The minimum Gasteiger partial charge on any atom is -0.497 e. The number of carboxylic acids is 1. The highest BCUT2D eigenvalue weighted by molar-refractivity contribution is 7.91. The highest BCUT2D eigenvalue weighted by Gasteiger charge is 2.70. The fraction of sp³-hybridized carbons (Fsp3) is 0.698. The smallest absolute Gasteiger partial charge is 0.313 e. The molecule has 1 unspecified atom stereocenters. The number of pyridine rings is 1. The molecule has 6 aliphatic carbocycles. The molecule has 0 amide bonds. The van der Waals surface area contributed by atoms with Crippen molar-refractivity contribution in [2.75, 3.05) is 51.4 Å². The van der Waals surface area contributed by atoms with Gasteiger partial charge >= 0.3 is 5.97 Å². The van der Waals surface area contributed by atoms with E-state index in [9.17, 15) is 18.3 Å². The Morgan fingerprint density at radius 1 is 0.937 bits per heavy atom. The highest BCUT2D eigenvalue weighted by atomic mass is 32.2. The van der Waals surface area contributed by atoms with E-state index in [1.807, 2.05) is 24.3 Å². The van der Waals surface area contributed by atoms with Crippen molar-refractivity contribution < 1.29 is 27.8 Å². The van der Waals surface area contributed by atoms with Gasteiger partial charge in [0.2, 0.25) is 5.88 Å². The SMILES string of the molecule is C=C(C)[C@@H]1CC[C@]2(NCCN3CCS(=O)(=O)CC3)CC[C@]3(C)[C@H](CC[C@@H]4[C@@]5(C)CC=C(C6=CCC(COc7nccc8ccc(OC)cc78)(C(=O)O)CC6)C(C)(C)[C@@H]5CC[C@]43C)[C@@H]12. The van der Waals surface area contributed by atoms with Crippen LogP contribution in [0.1, 0.15) is 119 Å². The zero-order valence-electron chi connectivity index (χ0n) is 39.4.